The number of hydrogen-bond acceptors (Lipinski definition) is 4. The molecule has 5 nitrogen and oxygen atoms in total. The van der Waals surface area contributed by atoms with Crippen LogP contribution in [0.5, 0.6) is 0 Å². The van der Waals surface area contributed by atoms with E-state index in [4.69, 9.17) is 15.9 Å². The maximum atomic E-state index is 10.4. The van der Waals surface area contributed by atoms with Crippen LogP contribution in [0.4, 0.5) is 0 Å². The normalized spacial score (nSPS) is 40.0. The lowest BCUT2D eigenvalue weighted by Gasteiger charge is -2.10. The number of carbonyl (C=O) groups is 1. The maximum absolute atomic E-state index is 10.4. The number of aliphatic hydroxyl groups is 2. The molecule has 1 aliphatic heterocycles. The Labute approximate surface area is 57.8 Å². The van der Waals surface area contributed by atoms with Crippen LogP contribution in [0, 0.1) is 0 Å². The molecule has 0 radical (unpaired) electrons. The molecule has 5 heteroatoms. The zero-order valence-corrected chi connectivity index (χ0v) is 5.32. The van der Waals surface area contributed by atoms with Crippen molar-refractivity contribution in [1.29, 1.82) is 0 Å². The van der Waals surface area contributed by atoms with Crippen LogP contribution in [0.3, 0.4) is 0 Å². The van der Waals surface area contributed by atoms with Crippen LogP contribution < -0.4 is 11.1 Å². The van der Waals surface area contributed by atoms with Gasteiger partial charge in [-0.2, -0.15) is 0 Å². The number of nitrogens with one attached hydrogen (secondary N) is 1. The monoisotopic (exact) mass is 146 g/mol. The highest BCUT2D eigenvalue weighted by molar-refractivity contribution is 5.81. The molecule has 10 heavy (non-hydrogen) atoms. The Bertz CT molecular complexity index is 150. The van der Waals surface area contributed by atoms with Crippen molar-refractivity contribution in [2.75, 3.05) is 6.54 Å². The first-order chi connectivity index (χ1) is 4.63. The summed E-state index contributed by atoms with van der Waals surface area (Å²) < 4.78 is 0. The molecule has 0 unspecified atom stereocenters. The van der Waals surface area contributed by atoms with Crippen LogP contribution in [-0.4, -0.2) is 40.9 Å². The summed E-state index contributed by atoms with van der Waals surface area (Å²) in [5.41, 5.74) is 4.88. The average Bonchev–Trinajstić information content (AvgIpc) is 2.14. The van der Waals surface area contributed by atoms with Gasteiger partial charge in [0.15, 0.2) is 0 Å². The van der Waals surface area contributed by atoms with Crippen LogP contribution in [0.1, 0.15) is 0 Å². The molecule has 0 spiro atoms. The Kier molecular flexibility index (Phi) is 1.89. The predicted molar refractivity (Wildman–Crippen MR) is 33.0 cm³/mol. The van der Waals surface area contributed by atoms with Crippen molar-refractivity contribution in [2.45, 2.75) is 18.2 Å². The van der Waals surface area contributed by atoms with E-state index >= 15 is 0 Å². The van der Waals surface area contributed by atoms with Gasteiger partial charge in [-0.3, -0.25) is 4.79 Å². The van der Waals surface area contributed by atoms with Gasteiger partial charge in [-0.25, -0.2) is 0 Å². The molecule has 58 valence electrons. The number of rotatable bonds is 1. The Hall–Kier alpha value is -0.650. The molecule has 0 bridgehead atoms. The fourth-order valence-corrected chi connectivity index (χ4v) is 0.980. The minimum atomic E-state index is -1.06. The van der Waals surface area contributed by atoms with E-state index in [1.165, 1.54) is 0 Å². The van der Waals surface area contributed by atoms with E-state index < -0.39 is 24.2 Å². The van der Waals surface area contributed by atoms with Crippen molar-refractivity contribution in [3.8, 4) is 0 Å². The lowest BCUT2D eigenvalue weighted by molar-refractivity contribution is -0.122. The number of aliphatic hydroxyl groups excluding tert-OH is 2. The van der Waals surface area contributed by atoms with E-state index in [0.29, 0.717) is 0 Å². The van der Waals surface area contributed by atoms with Crippen molar-refractivity contribution in [3.63, 3.8) is 0 Å². The van der Waals surface area contributed by atoms with E-state index in [-0.39, 0.29) is 6.54 Å². The van der Waals surface area contributed by atoms with Gasteiger partial charge in [0.25, 0.3) is 0 Å². The third kappa shape index (κ3) is 1.11. The number of nitrogens with two attached hydrogens (primary N) is 1. The van der Waals surface area contributed by atoms with Crippen molar-refractivity contribution in [3.05, 3.63) is 0 Å². The van der Waals surface area contributed by atoms with E-state index in [1.807, 2.05) is 0 Å². The van der Waals surface area contributed by atoms with Gasteiger partial charge in [0.1, 0.15) is 12.1 Å². The molecule has 3 atom stereocenters. The van der Waals surface area contributed by atoms with Crippen LogP contribution in [0.2, 0.25) is 0 Å². The smallest absolute Gasteiger partial charge is 0.237 e. The van der Waals surface area contributed by atoms with Crippen molar-refractivity contribution < 1.29 is 15.0 Å². The third-order valence-corrected chi connectivity index (χ3v) is 1.59. The summed E-state index contributed by atoms with van der Waals surface area (Å²) >= 11 is 0. The van der Waals surface area contributed by atoms with Gasteiger partial charge in [0.2, 0.25) is 5.91 Å². The predicted octanol–water partition coefficient (Wildman–Crippen LogP) is -2.83. The molecule has 5 N–H and O–H groups in total. The number of primary amides is 1. The van der Waals surface area contributed by atoms with Crippen LogP contribution in [-0.2, 0) is 4.79 Å². The molecule has 0 aromatic heterocycles. The highest BCUT2D eigenvalue weighted by Crippen LogP contribution is 2.06. The molecule has 0 aromatic carbocycles. The third-order valence-electron chi connectivity index (χ3n) is 1.59. The molecule has 0 aliphatic carbocycles. The quantitative estimate of drug-likeness (QED) is 0.320. The summed E-state index contributed by atoms with van der Waals surface area (Å²) in [7, 11) is 0. The Morgan fingerprint density at radius 1 is 1.60 bits per heavy atom. The summed E-state index contributed by atoms with van der Waals surface area (Å²) in [5, 5.41) is 20.5. The zero-order valence-electron chi connectivity index (χ0n) is 5.32. The van der Waals surface area contributed by atoms with E-state index in [2.05, 4.69) is 5.32 Å². The van der Waals surface area contributed by atoms with Gasteiger partial charge in [0.05, 0.1) is 6.10 Å². The standard InChI is InChI=1S/C5H10N2O3/c6-5(10)3-4(9)2(8)1-7-3/h2-4,7-9H,1H2,(H2,6,10)/t2-,3-,4-/m0/s1. The molecule has 0 aromatic rings. The second-order valence-electron chi connectivity index (χ2n) is 2.35. The molecule has 1 saturated heterocycles. The molecule has 1 amide bonds. The SMILES string of the molecule is NC(=O)[C@H]1NC[C@H](O)[C@@H]1O. The largest absolute Gasteiger partial charge is 0.389 e. The van der Waals surface area contributed by atoms with E-state index in [1.54, 1.807) is 0 Å². The maximum Gasteiger partial charge on any atom is 0.237 e. The fourth-order valence-electron chi connectivity index (χ4n) is 0.980. The Morgan fingerprint density at radius 2 is 2.20 bits per heavy atom. The average molecular weight is 146 g/mol. The summed E-state index contributed by atoms with van der Waals surface area (Å²) in [5.74, 6) is -0.635. The first-order valence-electron chi connectivity index (χ1n) is 3.02. The Balaban J connectivity index is 2.57. The lowest BCUT2D eigenvalue weighted by Crippen LogP contribution is -2.44. The van der Waals surface area contributed by atoms with Crippen molar-refractivity contribution in [1.82, 2.24) is 5.32 Å². The summed E-state index contributed by atoms with van der Waals surface area (Å²) in [6.45, 7) is 0.217. The molecule has 1 heterocycles. The van der Waals surface area contributed by atoms with Gasteiger partial charge in [-0.15, -0.1) is 0 Å². The molecule has 1 aliphatic rings. The first-order valence-corrected chi connectivity index (χ1v) is 3.02. The second-order valence-corrected chi connectivity index (χ2v) is 2.35. The first kappa shape index (κ1) is 7.46. The highest BCUT2D eigenvalue weighted by atomic mass is 16.3. The molecule has 0 saturated carbocycles. The van der Waals surface area contributed by atoms with Gasteiger partial charge in [-0.05, 0) is 0 Å². The van der Waals surface area contributed by atoms with Gasteiger partial charge >= 0.3 is 0 Å². The molecule has 1 rings (SSSR count). The molecular weight excluding hydrogens is 136 g/mol. The summed E-state index contributed by atoms with van der Waals surface area (Å²) in [6, 6.07) is -0.796. The topological polar surface area (TPSA) is 95.6 Å². The van der Waals surface area contributed by atoms with E-state index in [9.17, 15) is 4.79 Å². The lowest BCUT2D eigenvalue weighted by atomic mass is 10.1. The number of β-amino-alcohol motifs (C(OH)–C–C–N with tert-alkyl or cyclic N) is 1. The van der Waals surface area contributed by atoms with Crippen LogP contribution >= 0.6 is 0 Å². The van der Waals surface area contributed by atoms with Crippen molar-refractivity contribution >= 4 is 5.91 Å². The minimum absolute atomic E-state index is 0.217. The molecular formula is C5H10N2O3. The zero-order chi connectivity index (χ0) is 7.72. The number of hydrogen-bond donors (Lipinski definition) is 4. The van der Waals surface area contributed by atoms with Crippen LogP contribution in [0.25, 0.3) is 0 Å². The van der Waals surface area contributed by atoms with Crippen LogP contribution in [0.15, 0.2) is 0 Å². The number of amides is 1. The van der Waals surface area contributed by atoms with Crippen molar-refractivity contribution in [2.24, 2.45) is 5.73 Å². The Morgan fingerprint density at radius 3 is 2.40 bits per heavy atom. The number of carbonyl (C=O) groups excluding carboxylic acids is 1. The molecule has 1 fully saturated rings. The summed E-state index contributed by atoms with van der Waals surface area (Å²) in [6.07, 6.45) is -1.94. The summed E-state index contributed by atoms with van der Waals surface area (Å²) in [4.78, 5) is 10.4. The van der Waals surface area contributed by atoms with Gasteiger partial charge in [-0.1, -0.05) is 0 Å². The second kappa shape index (κ2) is 2.53. The fraction of sp³-hybridized carbons (Fsp3) is 0.800. The van der Waals surface area contributed by atoms with Gasteiger partial charge < -0.3 is 21.3 Å². The van der Waals surface area contributed by atoms with E-state index in [0.717, 1.165) is 0 Å². The van der Waals surface area contributed by atoms with Gasteiger partial charge in [0, 0.05) is 6.54 Å². The minimum Gasteiger partial charge on any atom is -0.389 e. The highest BCUT2D eigenvalue weighted by Gasteiger charge is 2.36.